The van der Waals surface area contributed by atoms with Crippen LogP contribution < -0.4 is 9.64 Å². The Labute approximate surface area is 150 Å². The molecule has 0 amide bonds. The molecule has 4 heteroatoms. The summed E-state index contributed by atoms with van der Waals surface area (Å²) in [5, 5.41) is 6.81. The lowest BCUT2D eigenvalue weighted by atomic mass is 10.1. The lowest BCUT2D eigenvalue weighted by Crippen LogP contribution is -3.13. The molecule has 1 N–H and O–H groups in total. The second-order valence-electron chi connectivity index (χ2n) is 6.80. The van der Waals surface area contributed by atoms with Gasteiger partial charge in [-0.05, 0) is 31.5 Å². The Hall–Kier alpha value is -2.33. The van der Waals surface area contributed by atoms with Gasteiger partial charge in [-0.2, -0.15) is 5.10 Å². The fourth-order valence-electron chi connectivity index (χ4n) is 3.33. The minimum Gasteiger partial charge on any atom is -0.496 e. The minimum atomic E-state index is 0.866. The number of aryl methyl sites for hydroxylation is 2. The second kappa shape index (κ2) is 8.17. The van der Waals surface area contributed by atoms with Gasteiger partial charge in [-0.15, -0.1) is 0 Å². The van der Waals surface area contributed by atoms with Gasteiger partial charge in [-0.25, -0.2) is 0 Å². The highest BCUT2D eigenvalue weighted by atomic mass is 16.5. The number of rotatable bonds is 5. The summed E-state index contributed by atoms with van der Waals surface area (Å²) in [6.45, 7) is 9.71. The molecule has 0 bridgehead atoms. The van der Waals surface area contributed by atoms with Crippen LogP contribution in [0.4, 0.5) is 0 Å². The van der Waals surface area contributed by atoms with Crippen LogP contribution in [-0.2, 0) is 6.54 Å². The molecule has 25 heavy (non-hydrogen) atoms. The maximum absolute atomic E-state index is 5.37. The summed E-state index contributed by atoms with van der Waals surface area (Å²) in [5.41, 5.74) is 5.23. The number of hydrazone groups is 1. The zero-order valence-electron chi connectivity index (χ0n) is 15.5. The van der Waals surface area contributed by atoms with Crippen LogP contribution in [-0.4, -0.2) is 44.5 Å². The molecule has 2 aromatic rings. The molecular formula is C21H28N3O+. The van der Waals surface area contributed by atoms with Crippen LogP contribution in [0.2, 0.25) is 0 Å². The molecule has 132 valence electrons. The normalized spacial score (nSPS) is 15.7. The molecular weight excluding hydrogens is 310 g/mol. The molecule has 1 aliphatic rings. The van der Waals surface area contributed by atoms with Crippen LogP contribution in [0, 0.1) is 13.8 Å². The molecule has 0 spiro atoms. The first kappa shape index (κ1) is 17.5. The summed E-state index contributed by atoms with van der Waals surface area (Å²) in [6, 6.07) is 14.8. The van der Waals surface area contributed by atoms with Gasteiger partial charge in [0.2, 0.25) is 0 Å². The van der Waals surface area contributed by atoms with E-state index in [-0.39, 0.29) is 0 Å². The maximum atomic E-state index is 5.37. The third-order valence-electron chi connectivity index (χ3n) is 4.88. The van der Waals surface area contributed by atoms with Gasteiger partial charge in [-0.1, -0.05) is 35.9 Å². The zero-order chi connectivity index (χ0) is 17.6. The molecule has 0 radical (unpaired) electrons. The zero-order valence-corrected chi connectivity index (χ0v) is 15.5. The van der Waals surface area contributed by atoms with E-state index in [4.69, 9.17) is 4.74 Å². The standard InChI is InChI=1S/C21H27N3O/c1-17-8-9-20(18(2)14-17)16-23-10-12-24(13-11-23)22-15-19-6-4-5-7-21(19)25-3/h4-9,14-15H,10-13,16H2,1-3H3/p+1/b22-15-. The van der Waals surface area contributed by atoms with Crippen LogP contribution in [0.5, 0.6) is 5.75 Å². The van der Waals surface area contributed by atoms with Crippen molar-refractivity contribution < 1.29 is 9.64 Å². The van der Waals surface area contributed by atoms with Crippen molar-refractivity contribution in [3.8, 4) is 5.75 Å². The van der Waals surface area contributed by atoms with Crippen LogP contribution in [0.15, 0.2) is 47.6 Å². The summed E-state index contributed by atoms with van der Waals surface area (Å²) in [4.78, 5) is 1.63. The van der Waals surface area contributed by atoms with Crippen LogP contribution in [0.3, 0.4) is 0 Å². The largest absolute Gasteiger partial charge is 0.496 e. The Morgan fingerprint density at radius 1 is 1.12 bits per heavy atom. The predicted octanol–water partition coefficient (Wildman–Crippen LogP) is 2.05. The summed E-state index contributed by atoms with van der Waals surface area (Å²) >= 11 is 0. The maximum Gasteiger partial charge on any atom is 0.127 e. The number of methoxy groups -OCH3 is 1. The third-order valence-corrected chi connectivity index (χ3v) is 4.88. The molecule has 1 heterocycles. The van der Waals surface area contributed by atoms with E-state index in [1.54, 1.807) is 12.0 Å². The molecule has 2 aromatic carbocycles. The summed E-state index contributed by atoms with van der Waals surface area (Å²) in [6.07, 6.45) is 1.91. The summed E-state index contributed by atoms with van der Waals surface area (Å²) in [5.74, 6) is 0.866. The Morgan fingerprint density at radius 3 is 2.60 bits per heavy atom. The monoisotopic (exact) mass is 338 g/mol. The molecule has 0 aliphatic carbocycles. The van der Waals surface area contributed by atoms with Gasteiger partial charge >= 0.3 is 0 Å². The van der Waals surface area contributed by atoms with E-state index < -0.39 is 0 Å². The second-order valence-corrected chi connectivity index (χ2v) is 6.80. The predicted molar refractivity (Wildman–Crippen MR) is 102 cm³/mol. The highest BCUT2D eigenvalue weighted by Crippen LogP contribution is 2.15. The Morgan fingerprint density at radius 2 is 1.88 bits per heavy atom. The van der Waals surface area contributed by atoms with Crippen molar-refractivity contribution in [2.75, 3.05) is 33.3 Å². The first-order chi connectivity index (χ1) is 12.2. The highest BCUT2D eigenvalue weighted by Gasteiger charge is 2.19. The molecule has 3 rings (SSSR count). The lowest BCUT2D eigenvalue weighted by molar-refractivity contribution is -0.918. The Bertz CT molecular complexity index is 734. The molecule has 0 aromatic heterocycles. The van der Waals surface area contributed by atoms with E-state index in [2.05, 4.69) is 42.2 Å². The SMILES string of the molecule is COc1ccccc1/C=N\N1CC[NH+](Cc2ccc(C)cc2C)CC1. The fourth-order valence-corrected chi connectivity index (χ4v) is 3.33. The van der Waals surface area contributed by atoms with Gasteiger partial charge in [0.1, 0.15) is 12.3 Å². The van der Waals surface area contributed by atoms with Gasteiger partial charge in [0, 0.05) is 11.1 Å². The number of hydrogen-bond donors (Lipinski definition) is 1. The molecule has 0 unspecified atom stereocenters. The topological polar surface area (TPSA) is 29.3 Å². The molecule has 0 atom stereocenters. The molecule has 1 fully saturated rings. The number of para-hydroxylation sites is 1. The Kier molecular flexibility index (Phi) is 5.71. The lowest BCUT2D eigenvalue weighted by Gasteiger charge is -2.30. The highest BCUT2D eigenvalue weighted by molar-refractivity contribution is 5.83. The van der Waals surface area contributed by atoms with Crippen molar-refractivity contribution in [3.05, 3.63) is 64.7 Å². The van der Waals surface area contributed by atoms with Crippen LogP contribution >= 0.6 is 0 Å². The van der Waals surface area contributed by atoms with Crippen molar-refractivity contribution in [2.24, 2.45) is 5.10 Å². The van der Waals surface area contributed by atoms with E-state index in [9.17, 15) is 0 Å². The quantitative estimate of drug-likeness (QED) is 0.846. The fraction of sp³-hybridized carbons (Fsp3) is 0.381. The number of piperazine rings is 1. The third kappa shape index (κ3) is 4.60. The van der Waals surface area contributed by atoms with Gasteiger partial charge in [0.25, 0.3) is 0 Å². The van der Waals surface area contributed by atoms with Crippen LogP contribution in [0.1, 0.15) is 22.3 Å². The van der Waals surface area contributed by atoms with Gasteiger partial charge < -0.3 is 9.64 Å². The number of benzene rings is 2. The average molecular weight is 338 g/mol. The van der Waals surface area contributed by atoms with Crippen molar-refractivity contribution in [2.45, 2.75) is 20.4 Å². The Balaban J connectivity index is 1.54. The number of nitrogens with one attached hydrogen (secondary N) is 1. The number of nitrogens with zero attached hydrogens (tertiary/aromatic N) is 2. The average Bonchev–Trinajstić information content (AvgIpc) is 2.63. The van der Waals surface area contributed by atoms with E-state index in [0.717, 1.165) is 44.0 Å². The van der Waals surface area contributed by atoms with Crippen molar-refractivity contribution in [1.29, 1.82) is 0 Å². The minimum absolute atomic E-state index is 0.866. The van der Waals surface area contributed by atoms with Crippen molar-refractivity contribution >= 4 is 6.21 Å². The molecule has 1 aliphatic heterocycles. The van der Waals surface area contributed by atoms with Gasteiger partial charge in [0.05, 0.1) is 39.5 Å². The first-order valence-corrected chi connectivity index (χ1v) is 8.97. The smallest absolute Gasteiger partial charge is 0.127 e. The van der Waals surface area contributed by atoms with Crippen molar-refractivity contribution in [1.82, 2.24) is 5.01 Å². The summed E-state index contributed by atoms with van der Waals surface area (Å²) < 4.78 is 5.37. The number of hydrogen-bond acceptors (Lipinski definition) is 3. The van der Waals surface area contributed by atoms with Crippen molar-refractivity contribution in [3.63, 3.8) is 0 Å². The molecule has 0 saturated carbocycles. The number of ether oxygens (including phenoxy) is 1. The molecule has 1 saturated heterocycles. The number of quaternary nitrogens is 1. The van der Waals surface area contributed by atoms with Gasteiger partial charge in [-0.3, -0.25) is 5.01 Å². The van der Waals surface area contributed by atoms with E-state index >= 15 is 0 Å². The molecule has 4 nitrogen and oxygen atoms in total. The summed E-state index contributed by atoms with van der Waals surface area (Å²) in [7, 11) is 1.70. The van der Waals surface area contributed by atoms with E-state index in [1.165, 1.54) is 16.7 Å². The van der Waals surface area contributed by atoms with Gasteiger partial charge in [0.15, 0.2) is 0 Å². The van der Waals surface area contributed by atoms with E-state index in [0.29, 0.717) is 0 Å². The van der Waals surface area contributed by atoms with E-state index in [1.807, 2.05) is 30.5 Å². The first-order valence-electron chi connectivity index (χ1n) is 8.97. The van der Waals surface area contributed by atoms with Crippen LogP contribution in [0.25, 0.3) is 0 Å².